The zero-order valence-electron chi connectivity index (χ0n) is 13.7. The quantitative estimate of drug-likeness (QED) is 0.572. The van der Waals surface area contributed by atoms with E-state index >= 15 is 0 Å². The number of ether oxygens (including phenoxy) is 1. The summed E-state index contributed by atoms with van der Waals surface area (Å²) in [4.78, 5) is 0. The van der Waals surface area contributed by atoms with Crippen molar-refractivity contribution in [1.82, 2.24) is 0 Å². The first-order valence-electron chi connectivity index (χ1n) is 7.89. The van der Waals surface area contributed by atoms with Gasteiger partial charge in [0.15, 0.2) is 0 Å². The minimum absolute atomic E-state index is 0.0415. The number of rotatable bonds is 5. The van der Waals surface area contributed by atoms with E-state index in [4.69, 9.17) is 4.74 Å². The highest BCUT2D eigenvalue weighted by Crippen LogP contribution is 2.50. The number of alkyl halides is 6. The fraction of sp³-hybridized carbons (Fsp3) is 0.875. The number of aliphatic hydroxyl groups is 1. The van der Waals surface area contributed by atoms with Gasteiger partial charge in [-0.25, -0.2) is 0 Å². The predicted octanol–water partition coefficient (Wildman–Crippen LogP) is 4.63. The second kappa shape index (κ2) is 5.90. The third-order valence-corrected chi connectivity index (χ3v) is 5.20. The SMILES string of the molecule is CC(CC(O)(C(F)(F)F)C(F)(F)F)OC(C)(C)C1CC2C=CC1C2. The van der Waals surface area contributed by atoms with Crippen molar-refractivity contribution >= 4 is 0 Å². The highest BCUT2D eigenvalue weighted by Gasteiger charge is 2.70. The molecular weight excluding hydrogens is 338 g/mol. The molecular formula is C16H22F6O2. The normalized spacial score (nSPS) is 29.3. The molecule has 0 radical (unpaired) electrons. The van der Waals surface area contributed by atoms with Crippen molar-refractivity contribution in [2.75, 3.05) is 0 Å². The predicted molar refractivity (Wildman–Crippen MR) is 75.1 cm³/mol. The number of allylic oxidation sites excluding steroid dienone is 2. The fourth-order valence-corrected chi connectivity index (χ4v) is 4.04. The van der Waals surface area contributed by atoms with Crippen molar-refractivity contribution in [2.45, 2.75) is 69.7 Å². The monoisotopic (exact) mass is 360 g/mol. The van der Waals surface area contributed by atoms with Crippen LogP contribution < -0.4 is 0 Å². The van der Waals surface area contributed by atoms with E-state index in [1.807, 2.05) is 6.08 Å². The van der Waals surface area contributed by atoms with Gasteiger partial charge in [-0.3, -0.25) is 0 Å². The molecule has 1 saturated carbocycles. The van der Waals surface area contributed by atoms with Crippen LogP contribution in [0.1, 0.15) is 40.0 Å². The zero-order chi connectivity index (χ0) is 18.6. The van der Waals surface area contributed by atoms with Crippen molar-refractivity contribution in [3.05, 3.63) is 12.2 Å². The van der Waals surface area contributed by atoms with E-state index in [2.05, 4.69) is 6.08 Å². The Morgan fingerprint density at radius 1 is 1.04 bits per heavy atom. The number of halogens is 6. The van der Waals surface area contributed by atoms with E-state index in [9.17, 15) is 31.4 Å². The van der Waals surface area contributed by atoms with Gasteiger partial charge in [-0.15, -0.1) is 0 Å². The van der Waals surface area contributed by atoms with Crippen molar-refractivity contribution < 1.29 is 36.2 Å². The van der Waals surface area contributed by atoms with Crippen molar-refractivity contribution in [3.63, 3.8) is 0 Å². The molecule has 4 unspecified atom stereocenters. The van der Waals surface area contributed by atoms with Crippen LogP contribution in [0.4, 0.5) is 26.3 Å². The second-order valence-electron chi connectivity index (χ2n) is 7.48. The molecule has 2 nitrogen and oxygen atoms in total. The second-order valence-corrected chi connectivity index (χ2v) is 7.48. The lowest BCUT2D eigenvalue weighted by Crippen LogP contribution is -2.58. The lowest BCUT2D eigenvalue weighted by molar-refractivity contribution is -0.375. The number of hydrogen-bond acceptors (Lipinski definition) is 2. The van der Waals surface area contributed by atoms with Crippen molar-refractivity contribution in [2.24, 2.45) is 17.8 Å². The molecule has 0 spiro atoms. The van der Waals surface area contributed by atoms with Gasteiger partial charge in [-0.1, -0.05) is 12.2 Å². The van der Waals surface area contributed by atoms with Crippen LogP contribution in [-0.4, -0.2) is 34.8 Å². The molecule has 0 amide bonds. The van der Waals surface area contributed by atoms with E-state index in [0.29, 0.717) is 5.92 Å². The minimum atomic E-state index is -5.82. The van der Waals surface area contributed by atoms with E-state index in [1.54, 1.807) is 13.8 Å². The van der Waals surface area contributed by atoms with Crippen LogP contribution >= 0.6 is 0 Å². The fourth-order valence-electron chi connectivity index (χ4n) is 4.04. The van der Waals surface area contributed by atoms with E-state index in [1.165, 1.54) is 0 Å². The van der Waals surface area contributed by atoms with Crippen LogP contribution in [0.15, 0.2) is 12.2 Å². The molecule has 2 aliphatic carbocycles. The van der Waals surface area contributed by atoms with Gasteiger partial charge in [0, 0.05) is 6.42 Å². The Labute approximate surface area is 136 Å². The van der Waals surface area contributed by atoms with Gasteiger partial charge in [-0.05, 0) is 51.4 Å². The van der Waals surface area contributed by atoms with Crippen molar-refractivity contribution in [1.29, 1.82) is 0 Å². The van der Waals surface area contributed by atoms with Crippen LogP contribution in [0, 0.1) is 17.8 Å². The Balaban J connectivity index is 2.08. The van der Waals surface area contributed by atoms with Gasteiger partial charge in [0.05, 0.1) is 11.7 Å². The molecule has 2 aliphatic rings. The third-order valence-electron chi connectivity index (χ3n) is 5.20. The molecule has 0 saturated heterocycles. The Morgan fingerprint density at radius 3 is 1.96 bits per heavy atom. The molecule has 24 heavy (non-hydrogen) atoms. The molecule has 0 aromatic carbocycles. The Bertz CT molecular complexity index is 480. The molecule has 4 atom stereocenters. The Morgan fingerprint density at radius 2 is 1.58 bits per heavy atom. The molecule has 1 fully saturated rings. The molecule has 0 aromatic rings. The van der Waals surface area contributed by atoms with Gasteiger partial charge < -0.3 is 9.84 Å². The van der Waals surface area contributed by atoms with Gasteiger partial charge in [0.1, 0.15) is 0 Å². The van der Waals surface area contributed by atoms with E-state index < -0.39 is 36.1 Å². The summed E-state index contributed by atoms with van der Waals surface area (Å²) in [5.41, 5.74) is -5.65. The topological polar surface area (TPSA) is 29.5 Å². The summed E-state index contributed by atoms with van der Waals surface area (Å²) in [5, 5.41) is 9.28. The molecule has 2 rings (SSSR count). The van der Waals surface area contributed by atoms with Gasteiger partial charge >= 0.3 is 12.4 Å². The molecule has 140 valence electrons. The maximum absolute atomic E-state index is 12.8. The molecule has 1 N–H and O–H groups in total. The van der Waals surface area contributed by atoms with Crippen molar-refractivity contribution in [3.8, 4) is 0 Å². The summed E-state index contributed by atoms with van der Waals surface area (Å²) < 4.78 is 82.3. The summed E-state index contributed by atoms with van der Waals surface area (Å²) in [6.45, 7) is 4.50. The smallest absolute Gasteiger partial charge is 0.374 e. The summed E-state index contributed by atoms with van der Waals surface area (Å²) in [7, 11) is 0. The standard InChI is InChI=1S/C16H22F6O2/c1-9(8-14(23,15(17,18)19)16(20,21)22)24-13(2,3)12-7-10-4-5-11(12)6-10/h4-5,9-12,23H,6-8H2,1-3H3. The summed E-state index contributed by atoms with van der Waals surface area (Å²) in [6.07, 6.45) is -8.74. The third kappa shape index (κ3) is 3.45. The maximum atomic E-state index is 12.8. The lowest BCUT2D eigenvalue weighted by atomic mass is 9.80. The largest absolute Gasteiger partial charge is 0.426 e. The molecule has 0 heterocycles. The van der Waals surface area contributed by atoms with Gasteiger partial charge in [0.2, 0.25) is 0 Å². The average Bonchev–Trinajstić information content (AvgIpc) is 2.97. The maximum Gasteiger partial charge on any atom is 0.426 e. The molecule has 8 heteroatoms. The highest BCUT2D eigenvalue weighted by molar-refractivity contribution is 5.13. The van der Waals surface area contributed by atoms with Crippen LogP contribution in [0.25, 0.3) is 0 Å². The van der Waals surface area contributed by atoms with Crippen LogP contribution in [0.2, 0.25) is 0 Å². The Kier molecular flexibility index (Phi) is 4.81. The molecule has 2 bridgehead atoms. The summed E-state index contributed by atoms with van der Waals surface area (Å²) in [6, 6.07) is 0. The van der Waals surface area contributed by atoms with Crippen LogP contribution in [0.5, 0.6) is 0 Å². The molecule has 0 aliphatic heterocycles. The van der Waals surface area contributed by atoms with E-state index in [0.717, 1.165) is 19.8 Å². The molecule has 0 aromatic heterocycles. The van der Waals surface area contributed by atoms with E-state index in [-0.39, 0.29) is 11.8 Å². The first-order chi connectivity index (χ1) is 10.7. The van der Waals surface area contributed by atoms with Gasteiger partial charge in [0.25, 0.3) is 5.60 Å². The first-order valence-corrected chi connectivity index (χ1v) is 7.89. The minimum Gasteiger partial charge on any atom is -0.374 e. The average molecular weight is 360 g/mol. The Hall–Kier alpha value is -0.760. The highest BCUT2D eigenvalue weighted by atomic mass is 19.4. The summed E-state index contributed by atoms with van der Waals surface area (Å²) in [5.74, 6) is 0.682. The first kappa shape index (κ1) is 19.6. The zero-order valence-corrected chi connectivity index (χ0v) is 13.7. The number of fused-ring (bicyclic) bond motifs is 2. The lowest BCUT2D eigenvalue weighted by Gasteiger charge is -2.40. The summed E-state index contributed by atoms with van der Waals surface area (Å²) >= 11 is 0. The number of hydrogen-bond donors (Lipinski definition) is 1. The van der Waals surface area contributed by atoms with Crippen LogP contribution in [0.3, 0.4) is 0 Å². The van der Waals surface area contributed by atoms with Crippen LogP contribution in [-0.2, 0) is 4.74 Å². The van der Waals surface area contributed by atoms with Gasteiger partial charge in [-0.2, -0.15) is 26.3 Å².